The SMILES string of the molecule is CNCCN(C)C(=O)c1ccc2c(c1)OCCCO2.Cl. The van der Waals surface area contributed by atoms with Gasteiger partial charge in [0, 0.05) is 32.1 Å². The van der Waals surface area contributed by atoms with E-state index in [4.69, 9.17) is 9.47 Å². The highest BCUT2D eigenvalue weighted by atomic mass is 35.5. The summed E-state index contributed by atoms with van der Waals surface area (Å²) in [6.07, 6.45) is 0.861. The molecule has 1 aliphatic heterocycles. The number of benzene rings is 1. The fourth-order valence-electron chi connectivity index (χ4n) is 1.90. The molecule has 1 aliphatic rings. The molecule has 0 radical (unpaired) electrons. The average Bonchev–Trinajstić information content (AvgIpc) is 2.68. The van der Waals surface area contributed by atoms with Crippen LogP contribution in [0.3, 0.4) is 0 Å². The molecule has 0 aromatic heterocycles. The molecular formula is C14H21ClN2O3. The van der Waals surface area contributed by atoms with Crippen molar-refractivity contribution in [1.29, 1.82) is 0 Å². The third-order valence-corrected chi connectivity index (χ3v) is 3.04. The van der Waals surface area contributed by atoms with E-state index < -0.39 is 0 Å². The average molecular weight is 301 g/mol. The van der Waals surface area contributed by atoms with Crippen molar-refractivity contribution in [2.24, 2.45) is 0 Å². The second-order valence-corrected chi connectivity index (χ2v) is 4.54. The van der Waals surface area contributed by atoms with Gasteiger partial charge in [0.05, 0.1) is 13.2 Å². The van der Waals surface area contributed by atoms with Gasteiger partial charge in [0.25, 0.3) is 5.91 Å². The minimum atomic E-state index is -0.00843. The first kappa shape index (κ1) is 16.6. The number of hydrogen-bond acceptors (Lipinski definition) is 4. The van der Waals surface area contributed by atoms with Crippen molar-refractivity contribution in [1.82, 2.24) is 10.2 Å². The Morgan fingerprint density at radius 3 is 2.70 bits per heavy atom. The van der Waals surface area contributed by atoms with Gasteiger partial charge in [0.15, 0.2) is 11.5 Å². The number of nitrogens with one attached hydrogen (secondary N) is 1. The van der Waals surface area contributed by atoms with E-state index in [1.54, 1.807) is 30.1 Å². The normalized spacial score (nSPS) is 13.1. The molecule has 1 aromatic carbocycles. The number of hydrogen-bond donors (Lipinski definition) is 1. The third kappa shape index (κ3) is 4.02. The van der Waals surface area contributed by atoms with E-state index in [9.17, 15) is 4.79 Å². The van der Waals surface area contributed by atoms with Crippen molar-refractivity contribution in [3.8, 4) is 11.5 Å². The molecule has 0 saturated carbocycles. The van der Waals surface area contributed by atoms with Crippen LogP contribution in [0.1, 0.15) is 16.8 Å². The molecule has 20 heavy (non-hydrogen) atoms. The van der Waals surface area contributed by atoms with Crippen molar-refractivity contribution in [2.75, 3.05) is 40.4 Å². The lowest BCUT2D eigenvalue weighted by Gasteiger charge is -2.17. The van der Waals surface area contributed by atoms with E-state index in [0.717, 1.165) is 13.0 Å². The van der Waals surface area contributed by atoms with Crippen molar-refractivity contribution < 1.29 is 14.3 Å². The van der Waals surface area contributed by atoms with E-state index in [0.29, 0.717) is 36.8 Å². The maximum Gasteiger partial charge on any atom is 0.253 e. The highest BCUT2D eigenvalue weighted by molar-refractivity contribution is 5.94. The van der Waals surface area contributed by atoms with Crippen LogP contribution >= 0.6 is 12.4 Å². The zero-order valence-electron chi connectivity index (χ0n) is 11.8. The second-order valence-electron chi connectivity index (χ2n) is 4.54. The summed E-state index contributed by atoms with van der Waals surface area (Å²) in [6.45, 7) is 2.72. The lowest BCUT2D eigenvalue weighted by atomic mass is 10.1. The van der Waals surface area contributed by atoms with E-state index in [1.165, 1.54) is 0 Å². The predicted molar refractivity (Wildman–Crippen MR) is 80.2 cm³/mol. The van der Waals surface area contributed by atoms with Crippen LogP contribution in [-0.4, -0.2) is 51.2 Å². The molecule has 0 saturated heterocycles. The topological polar surface area (TPSA) is 50.8 Å². The molecular weight excluding hydrogens is 280 g/mol. The zero-order chi connectivity index (χ0) is 13.7. The smallest absolute Gasteiger partial charge is 0.253 e. The molecule has 1 aromatic rings. The van der Waals surface area contributed by atoms with Gasteiger partial charge in [-0.2, -0.15) is 0 Å². The summed E-state index contributed by atoms with van der Waals surface area (Å²) < 4.78 is 11.1. The Balaban J connectivity index is 0.00000200. The molecule has 2 rings (SSSR count). The molecule has 1 amide bonds. The number of carbonyl (C=O) groups is 1. The Hall–Kier alpha value is -1.46. The summed E-state index contributed by atoms with van der Waals surface area (Å²) in [5.74, 6) is 1.36. The molecule has 0 atom stereocenters. The number of halogens is 1. The Morgan fingerprint density at radius 2 is 2.00 bits per heavy atom. The summed E-state index contributed by atoms with van der Waals surface area (Å²) in [7, 11) is 3.66. The monoisotopic (exact) mass is 300 g/mol. The van der Waals surface area contributed by atoms with Gasteiger partial charge in [-0.25, -0.2) is 0 Å². The molecule has 0 unspecified atom stereocenters. The summed E-state index contributed by atoms with van der Waals surface area (Å²) in [4.78, 5) is 13.9. The molecule has 0 fully saturated rings. The minimum Gasteiger partial charge on any atom is -0.490 e. The molecule has 0 spiro atoms. The maximum absolute atomic E-state index is 12.2. The third-order valence-electron chi connectivity index (χ3n) is 3.04. The molecule has 0 aliphatic carbocycles. The van der Waals surface area contributed by atoms with Gasteiger partial charge in [0.2, 0.25) is 0 Å². The number of fused-ring (bicyclic) bond motifs is 1. The van der Waals surface area contributed by atoms with Crippen LogP contribution in [0.5, 0.6) is 11.5 Å². The van der Waals surface area contributed by atoms with Crippen LogP contribution < -0.4 is 14.8 Å². The first-order valence-electron chi connectivity index (χ1n) is 6.52. The quantitative estimate of drug-likeness (QED) is 0.917. The number of carbonyl (C=O) groups excluding carboxylic acids is 1. The minimum absolute atomic E-state index is 0. The van der Waals surface area contributed by atoms with Crippen LogP contribution in [0, 0.1) is 0 Å². The predicted octanol–water partition coefficient (Wildman–Crippen LogP) is 1.56. The number of likely N-dealkylation sites (N-methyl/N-ethyl adjacent to an activating group) is 2. The summed E-state index contributed by atoms with van der Waals surface area (Å²) in [5.41, 5.74) is 0.628. The zero-order valence-corrected chi connectivity index (χ0v) is 12.7. The van der Waals surface area contributed by atoms with E-state index in [1.807, 2.05) is 7.05 Å². The van der Waals surface area contributed by atoms with Gasteiger partial charge in [0.1, 0.15) is 0 Å². The molecule has 6 heteroatoms. The number of ether oxygens (including phenoxy) is 2. The van der Waals surface area contributed by atoms with Crippen molar-refractivity contribution in [2.45, 2.75) is 6.42 Å². The number of amides is 1. The second kappa shape index (κ2) is 7.97. The molecule has 1 heterocycles. The van der Waals surface area contributed by atoms with Crippen molar-refractivity contribution in [3.63, 3.8) is 0 Å². The molecule has 5 nitrogen and oxygen atoms in total. The van der Waals surface area contributed by atoms with Crippen LogP contribution in [0.25, 0.3) is 0 Å². The van der Waals surface area contributed by atoms with Crippen LogP contribution in [0.2, 0.25) is 0 Å². The Morgan fingerprint density at radius 1 is 1.30 bits per heavy atom. The number of rotatable bonds is 4. The van der Waals surface area contributed by atoms with E-state index in [2.05, 4.69) is 5.32 Å². The highest BCUT2D eigenvalue weighted by Gasteiger charge is 2.16. The summed E-state index contributed by atoms with van der Waals surface area (Å²) in [6, 6.07) is 5.35. The maximum atomic E-state index is 12.2. The van der Waals surface area contributed by atoms with Gasteiger partial charge in [-0.3, -0.25) is 4.79 Å². The van der Waals surface area contributed by atoms with Crippen molar-refractivity contribution in [3.05, 3.63) is 23.8 Å². The van der Waals surface area contributed by atoms with Crippen LogP contribution in [0.15, 0.2) is 18.2 Å². The van der Waals surface area contributed by atoms with Gasteiger partial charge in [-0.1, -0.05) is 0 Å². The summed E-state index contributed by atoms with van der Waals surface area (Å²) in [5, 5.41) is 3.02. The van der Waals surface area contributed by atoms with Crippen LogP contribution in [0.4, 0.5) is 0 Å². The largest absolute Gasteiger partial charge is 0.490 e. The van der Waals surface area contributed by atoms with Crippen molar-refractivity contribution >= 4 is 18.3 Å². The van der Waals surface area contributed by atoms with E-state index in [-0.39, 0.29) is 18.3 Å². The fraction of sp³-hybridized carbons (Fsp3) is 0.500. The number of nitrogens with zero attached hydrogens (tertiary/aromatic N) is 1. The fourth-order valence-corrected chi connectivity index (χ4v) is 1.90. The first-order chi connectivity index (χ1) is 9.22. The molecule has 0 bridgehead atoms. The first-order valence-corrected chi connectivity index (χ1v) is 6.52. The lowest BCUT2D eigenvalue weighted by Crippen LogP contribution is -2.32. The van der Waals surface area contributed by atoms with Gasteiger partial charge >= 0.3 is 0 Å². The highest BCUT2D eigenvalue weighted by Crippen LogP contribution is 2.30. The lowest BCUT2D eigenvalue weighted by molar-refractivity contribution is 0.0796. The van der Waals surface area contributed by atoms with Gasteiger partial charge in [-0.05, 0) is 25.2 Å². The van der Waals surface area contributed by atoms with Gasteiger partial charge in [-0.15, -0.1) is 12.4 Å². The standard InChI is InChI=1S/C14H20N2O3.ClH/c1-15-6-7-16(2)14(17)11-4-5-12-13(10-11)19-9-3-8-18-12;/h4-5,10,15H,3,6-9H2,1-2H3;1H. The Labute approximate surface area is 125 Å². The Bertz CT molecular complexity index is 454. The Kier molecular flexibility index (Phi) is 6.61. The summed E-state index contributed by atoms with van der Waals surface area (Å²) >= 11 is 0. The van der Waals surface area contributed by atoms with E-state index >= 15 is 0 Å². The molecule has 1 N–H and O–H groups in total. The molecule has 112 valence electrons. The van der Waals surface area contributed by atoms with Crippen LogP contribution in [-0.2, 0) is 0 Å². The van der Waals surface area contributed by atoms with Gasteiger partial charge < -0.3 is 19.7 Å².